The molecule has 0 aliphatic carbocycles. The van der Waals surface area contributed by atoms with Crippen LogP contribution in [0.3, 0.4) is 0 Å². The first-order valence-corrected chi connectivity index (χ1v) is 5.69. The van der Waals surface area contributed by atoms with E-state index in [1.807, 2.05) is 0 Å². The normalized spacial score (nSPS) is 12.0. The molecule has 0 spiro atoms. The second kappa shape index (κ2) is 9.04. The summed E-state index contributed by atoms with van der Waals surface area (Å²) in [5.41, 5.74) is 0. The van der Waals surface area contributed by atoms with Crippen LogP contribution in [0.1, 0.15) is 26.7 Å². The van der Waals surface area contributed by atoms with E-state index in [1.165, 1.54) is 0 Å². The minimum Gasteiger partial charge on any atom is -0.316 e. The Labute approximate surface area is 92.0 Å². The van der Waals surface area contributed by atoms with Gasteiger partial charge in [-0.05, 0) is 45.4 Å². The molecule has 0 rings (SSSR count). The summed E-state index contributed by atoms with van der Waals surface area (Å²) in [6, 6.07) is 0. The quantitative estimate of drug-likeness (QED) is 0.602. The Bertz CT molecular complexity index is 141. The molecule has 2 nitrogen and oxygen atoms in total. The van der Waals surface area contributed by atoms with Crippen LogP contribution >= 0.6 is 0 Å². The maximum Gasteiger partial charge on any atom is 0.251 e. The number of hydrogen-bond acceptors (Lipinski definition) is 2. The fourth-order valence-corrected chi connectivity index (χ4v) is 1.35. The number of unbranched alkanes of at least 4 members (excludes halogenated alkanes) is 1. The van der Waals surface area contributed by atoms with Gasteiger partial charge in [0.2, 0.25) is 0 Å². The standard InChI is InChI=1S/C11H24F2N2/c1-10(2)8-14-6-4-5-7-15(3)9-11(12)13/h10-11,14H,4-9H2,1-3H3. The highest BCUT2D eigenvalue weighted by Crippen LogP contribution is 1.98. The lowest BCUT2D eigenvalue weighted by atomic mass is 10.2. The lowest BCUT2D eigenvalue weighted by Crippen LogP contribution is -2.27. The average Bonchev–Trinajstić information content (AvgIpc) is 2.09. The number of nitrogens with zero attached hydrogens (tertiary/aromatic N) is 1. The summed E-state index contributed by atoms with van der Waals surface area (Å²) < 4.78 is 23.9. The zero-order chi connectivity index (χ0) is 11.7. The van der Waals surface area contributed by atoms with E-state index in [1.54, 1.807) is 11.9 Å². The van der Waals surface area contributed by atoms with Gasteiger partial charge in [-0.1, -0.05) is 13.8 Å². The molecule has 0 aromatic carbocycles. The molecule has 92 valence electrons. The summed E-state index contributed by atoms with van der Waals surface area (Å²) in [6.45, 7) is 7.01. The fourth-order valence-electron chi connectivity index (χ4n) is 1.35. The predicted molar refractivity (Wildman–Crippen MR) is 60.4 cm³/mol. The van der Waals surface area contributed by atoms with Crippen molar-refractivity contribution in [2.75, 3.05) is 33.2 Å². The van der Waals surface area contributed by atoms with E-state index < -0.39 is 6.43 Å². The van der Waals surface area contributed by atoms with Crippen molar-refractivity contribution in [3.63, 3.8) is 0 Å². The smallest absolute Gasteiger partial charge is 0.251 e. The molecule has 15 heavy (non-hydrogen) atoms. The number of alkyl halides is 2. The first-order chi connectivity index (χ1) is 7.02. The summed E-state index contributed by atoms with van der Waals surface area (Å²) >= 11 is 0. The highest BCUT2D eigenvalue weighted by Gasteiger charge is 2.06. The molecule has 0 saturated carbocycles. The molecule has 0 aliphatic heterocycles. The van der Waals surface area contributed by atoms with Gasteiger partial charge in [0.25, 0.3) is 6.43 Å². The van der Waals surface area contributed by atoms with Crippen molar-refractivity contribution >= 4 is 0 Å². The zero-order valence-electron chi connectivity index (χ0n) is 10.1. The Hall–Kier alpha value is -0.220. The predicted octanol–water partition coefficient (Wildman–Crippen LogP) is 2.21. The van der Waals surface area contributed by atoms with E-state index >= 15 is 0 Å². The summed E-state index contributed by atoms with van der Waals surface area (Å²) in [4.78, 5) is 1.69. The summed E-state index contributed by atoms with van der Waals surface area (Å²) in [5.74, 6) is 0.673. The molecule has 0 fully saturated rings. The van der Waals surface area contributed by atoms with Crippen LogP contribution in [-0.2, 0) is 0 Å². The molecule has 4 heteroatoms. The van der Waals surface area contributed by atoms with E-state index in [0.29, 0.717) is 5.92 Å². The van der Waals surface area contributed by atoms with Gasteiger partial charge < -0.3 is 10.2 Å². The van der Waals surface area contributed by atoms with Crippen molar-refractivity contribution in [2.24, 2.45) is 5.92 Å². The highest BCUT2D eigenvalue weighted by molar-refractivity contribution is 4.56. The number of halogens is 2. The maximum absolute atomic E-state index is 11.9. The van der Waals surface area contributed by atoms with Crippen molar-refractivity contribution in [2.45, 2.75) is 33.1 Å². The molecule has 0 amide bonds. The van der Waals surface area contributed by atoms with Crippen molar-refractivity contribution in [1.29, 1.82) is 0 Å². The minimum atomic E-state index is -2.21. The largest absolute Gasteiger partial charge is 0.316 e. The Morgan fingerprint density at radius 1 is 1.20 bits per heavy atom. The Morgan fingerprint density at radius 3 is 2.40 bits per heavy atom. The molecule has 1 N–H and O–H groups in total. The van der Waals surface area contributed by atoms with Crippen molar-refractivity contribution in [3.05, 3.63) is 0 Å². The van der Waals surface area contributed by atoms with Gasteiger partial charge in [-0.25, -0.2) is 8.78 Å². The van der Waals surface area contributed by atoms with Gasteiger partial charge in [-0.2, -0.15) is 0 Å². The maximum atomic E-state index is 11.9. The van der Waals surface area contributed by atoms with E-state index in [2.05, 4.69) is 19.2 Å². The lowest BCUT2D eigenvalue weighted by Gasteiger charge is -2.15. The lowest BCUT2D eigenvalue weighted by molar-refractivity contribution is 0.0996. The summed E-state index contributed by atoms with van der Waals surface area (Å²) in [7, 11) is 1.74. The monoisotopic (exact) mass is 222 g/mol. The molecular formula is C11H24F2N2. The molecular weight excluding hydrogens is 198 g/mol. The molecule has 0 unspecified atom stereocenters. The number of rotatable bonds is 9. The van der Waals surface area contributed by atoms with Gasteiger partial charge in [-0.15, -0.1) is 0 Å². The third-order valence-corrected chi connectivity index (χ3v) is 2.15. The van der Waals surface area contributed by atoms with Gasteiger partial charge in [0, 0.05) is 0 Å². The van der Waals surface area contributed by atoms with Gasteiger partial charge >= 0.3 is 0 Å². The molecule has 0 bridgehead atoms. The van der Waals surface area contributed by atoms with Gasteiger partial charge in [0.05, 0.1) is 6.54 Å². The zero-order valence-corrected chi connectivity index (χ0v) is 10.1. The number of hydrogen-bond donors (Lipinski definition) is 1. The summed E-state index contributed by atoms with van der Waals surface area (Å²) in [6.07, 6.45) is -0.178. The van der Waals surface area contributed by atoms with Crippen LogP contribution in [-0.4, -0.2) is 44.6 Å². The van der Waals surface area contributed by atoms with Crippen LogP contribution < -0.4 is 5.32 Å². The third kappa shape index (κ3) is 11.7. The van der Waals surface area contributed by atoms with E-state index in [4.69, 9.17) is 0 Å². The summed E-state index contributed by atoms with van der Waals surface area (Å²) in [5, 5.41) is 3.33. The Morgan fingerprint density at radius 2 is 1.87 bits per heavy atom. The molecule has 0 heterocycles. The molecule has 0 aliphatic rings. The van der Waals surface area contributed by atoms with E-state index in [9.17, 15) is 8.78 Å². The first-order valence-electron chi connectivity index (χ1n) is 5.69. The van der Waals surface area contributed by atoms with Crippen molar-refractivity contribution in [1.82, 2.24) is 10.2 Å². The van der Waals surface area contributed by atoms with Crippen LogP contribution in [0.5, 0.6) is 0 Å². The molecule has 0 aromatic heterocycles. The van der Waals surface area contributed by atoms with Crippen LogP contribution in [0.4, 0.5) is 8.78 Å². The van der Waals surface area contributed by atoms with Crippen LogP contribution in [0.25, 0.3) is 0 Å². The van der Waals surface area contributed by atoms with Crippen molar-refractivity contribution < 1.29 is 8.78 Å². The second-order valence-corrected chi connectivity index (χ2v) is 4.46. The molecule has 0 radical (unpaired) electrons. The average molecular weight is 222 g/mol. The Balaban J connectivity index is 3.16. The van der Waals surface area contributed by atoms with Gasteiger partial charge in [-0.3, -0.25) is 0 Å². The van der Waals surface area contributed by atoms with Crippen LogP contribution in [0.15, 0.2) is 0 Å². The van der Waals surface area contributed by atoms with Crippen molar-refractivity contribution in [3.8, 4) is 0 Å². The number of nitrogens with one attached hydrogen (secondary N) is 1. The fraction of sp³-hybridized carbons (Fsp3) is 1.00. The van der Waals surface area contributed by atoms with E-state index in [-0.39, 0.29) is 6.54 Å². The van der Waals surface area contributed by atoms with Crippen LogP contribution in [0, 0.1) is 5.92 Å². The van der Waals surface area contributed by atoms with Gasteiger partial charge in [0.1, 0.15) is 0 Å². The topological polar surface area (TPSA) is 15.3 Å². The molecule has 0 aromatic rings. The molecule has 0 atom stereocenters. The van der Waals surface area contributed by atoms with Crippen LogP contribution in [0.2, 0.25) is 0 Å². The minimum absolute atomic E-state index is 0.112. The Kier molecular flexibility index (Phi) is 8.91. The second-order valence-electron chi connectivity index (χ2n) is 4.46. The highest BCUT2D eigenvalue weighted by atomic mass is 19.3. The SMILES string of the molecule is CC(C)CNCCCCN(C)CC(F)F. The molecule has 0 saturated heterocycles. The van der Waals surface area contributed by atoms with Gasteiger partial charge in [0.15, 0.2) is 0 Å². The van der Waals surface area contributed by atoms with E-state index in [0.717, 1.165) is 32.5 Å². The third-order valence-electron chi connectivity index (χ3n) is 2.15. The first kappa shape index (κ1) is 14.8.